The van der Waals surface area contributed by atoms with Crippen LogP contribution in [0, 0.1) is 0 Å². The second kappa shape index (κ2) is 10.1. The van der Waals surface area contributed by atoms with Crippen LogP contribution in [0.4, 0.5) is 11.4 Å². The van der Waals surface area contributed by atoms with Crippen LogP contribution in [0.1, 0.15) is 17.7 Å². The summed E-state index contributed by atoms with van der Waals surface area (Å²) < 4.78 is 15.4. The quantitative estimate of drug-likeness (QED) is 0.200. The molecule has 0 saturated carbocycles. The minimum Gasteiger partial charge on any atom is -0.456 e. The molecule has 4 nitrogen and oxygen atoms in total. The molecule has 3 heterocycles. The second-order valence-corrected chi connectivity index (χ2v) is 12.1. The lowest BCUT2D eigenvalue weighted by molar-refractivity contribution is 0.667. The third-order valence-corrected chi connectivity index (χ3v) is 9.41. The molecule has 9 aromatic rings. The number of fused-ring (bicyclic) bond motifs is 9. The fourth-order valence-corrected chi connectivity index (χ4v) is 7.35. The van der Waals surface area contributed by atoms with Crippen LogP contribution in [0.2, 0.25) is 0 Å². The van der Waals surface area contributed by atoms with Gasteiger partial charge in [-0.1, -0.05) is 97.1 Å². The van der Waals surface area contributed by atoms with Crippen molar-refractivity contribution in [2.24, 2.45) is 0 Å². The number of anilines is 2. The average Bonchev–Trinajstić information content (AvgIpc) is 3.73. The SMILES string of the molecule is C1=Cc2c(n(-c3ccccc3)c3ccccc23)C=C(N(c2ccc3c(c2)oc2ccccc23)c2cccc3c2oc2ccccc23)C1. The maximum atomic E-state index is 6.64. The van der Waals surface area contributed by atoms with E-state index in [0.29, 0.717) is 0 Å². The maximum Gasteiger partial charge on any atom is 0.159 e. The topological polar surface area (TPSA) is 34.5 Å². The molecule has 6 aromatic carbocycles. The molecule has 10 rings (SSSR count). The number of hydrogen-bond donors (Lipinski definition) is 0. The maximum absolute atomic E-state index is 6.64. The molecular formula is C43H28N2O2. The van der Waals surface area contributed by atoms with Gasteiger partial charge in [-0.3, -0.25) is 0 Å². The Balaban J connectivity index is 1.27. The Morgan fingerprint density at radius 2 is 1.23 bits per heavy atom. The average molecular weight is 605 g/mol. The van der Waals surface area contributed by atoms with Crippen molar-refractivity contribution in [3.8, 4) is 5.69 Å². The van der Waals surface area contributed by atoms with Crippen LogP contribution < -0.4 is 4.90 Å². The third-order valence-electron chi connectivity index (χ3n) is 9.41. The molecule has 0 unspecified atom stereocenters. The van der Waals surface area contributed by atoms with Crippen molar-refractivity contribution in [3.05, 3.63) is 163 Å². The molecule has 0 spiro atoms. The van der Waals surface area contributed by atoms with Crippen molar-refractivity contribution >= 4 is 78.3 Å². The molecule has 0 saturated heterocycles. The number of allylic oxidation sites excluding steroid dienone is 1. The highest BCUT2D eigenvalue weighted by atomic mass is 16.3. The molecule has 222 valence electrons. The van der Waals surface area contributed by atoms with Crippen molar-refractivity contribution in [1.29, 1.82) is 0 Å². The first-order chi connectivity index (χ1) is 23.3. The molecule has 1 aliphatic carbocycles. The molecule has 0 radical (unpaired) electrons. The molecule has 4 heteroatoms. The van der Waals surface area contributed by atoms with Gasteiger partial charge in [0, 0.05) is 62.1 Å². The summed E-state index contributed by atoms with van der Waals surface area (Å²) in [5, 5.41) is 5.66. The lowest BCUT2D eigenvalue weighted by Crippen LogP contribution is -2.16. The first kappa shape index (κ1) is 26.0. The normalized spacial score (nSPS) is 13.1. The zero-order valence-electron chi connectivity index (χ0n) is 25.4. The minimum atomic E-state index is 0.729. The Bertz CT molecular complexity index is 2720. The molecule has 47 heavy (non-hydrogen) atoms. The first-order valence-corrected chi connectivity index (χ1v) is 16.0. The summed E-state index contributed by atoms with van der Waals surface area (Å²) in [7, 11) is 0. The van der Waals surface area contributed by atoms with Gasteiger partial charge in [0.05, 0.1) is 16.9 Å². The van der Waals surface area contributed by atoms with E-state index in [1.54, 1.807) is 0 Å². The van der Waals surface area contributed by atoms with E-state index in [9.17, 15) is 0 Å². The zero-order chi connectivity index (χ0) is 30.9. The van der Waals surface area contributed by atoms with E-state index in [1.807, 2.05) is 24.3 Å². The van der Waals surface area contributed by atoms with Gasteiger partial charge in [0.15, 0.2) is 5.58 Å². The fourth-order valence-electron chi connectivity index (χ4n) is 7.35. The Morgan fingerprint density at radius 3 is 2.09 bits per heavy atom. The summed E-state index contributed by atoms with van der Waals surface area (Å²) in [6.07, 6.45) is 7.65. The number of benzene rings is 6. The van der Waals surface area contributed by atoms with E-state index in [4.69, 9.17) is 8.83 Å². The number of rotatable bonds is 4. The molecule has 0 amide bonds. The highest BCUT2D eigenvalue weighted by Gasteiger charge is 2.25. The van der Waals surface area contributed by atoms with Gasteiger partial charge in [-0.05, 0) is 54.6 Å². The summed E-state index contributed by atoms with van der Waals surface area (Å²) in [6, 6.07) is 48.8. The monoisotopic (exact) mass is 604 g/mol. The smallest absolute Gasteiger partial charge is 0.159 e. The van der Waals surface area contributed by atoms with Crippen molar-refractivity contribution < 1.29 is 8.83 Å². The standard InChI is InChI=1S/C43H28N2O2/c1-2-12-28(13-3-1)45-37-20-7-4-15-31(37)32-18-10-14-29(26-39(32)45)44(30-24-25-35-33-16-5-8-22-40(33)46-42(35)27-30)38-21-11-19-36-34-17-6-9-23-41(34)47-43(36)38/h1-13,15-27H,14H2. The Kier molecular flexibility index (Phi) is 5.60. The van der Waals surface area contributed by atoms with Gasteiger partial charge in [-0.2, -0.15) is 0 Å². The summed E-state index contributed by atoms with van der Waals surface area (Å²) in [4.78, 5) is 2.35. The predicted molar refractivity (Wildman–Crippen MR) is 194 cm³/mol. The van der Waals surface area contributed by atoms with Crippen LogP contribution in [-0.4, -0.2) is 4.57 Å². The van der Waals surface area contributed by atoms with Crippen LogP contribution in [0.3, 0.4) is 0 Å². The number of furan rings is 2. The van der Waals surface area contributed by atoms with Gasteiger partial charge in [0.1, 0.15) is 16.7 Å². The number of para-hydroxylation sites is 5. The molecular weight excluding hydrogens is 576 g/mol. The van der Waals surface area contributed by atoms with Crippen molar-refractivity contribution in [2.45, 2.75) is 6.42 Å². The fraction of sp³-hybridized carbons (Fsp3) is 0.0233. The molecule has 3 aromatic heterocycles. The Labute approximate surface area is 270 Å². The van der Waals surface area contributed by atoms with Gasteiger partial charge in [-0.25, -0.2) is 0 Å². The van der Waals surface area contributed by atoms with Gasteiger partial charge in [-0.15, -0.1) is 0 Å². The third kappa shape index (κ3) is 3.95. The van der Waals surface area contributed by atoms with E-state index in [1.165, 1.54) is 16.5 Å². The Hall–Kier alpha value is -6.26. The number of aromatic nitrogens is 1. The summed E-state index contributed by atoms with van der Waals surface area (Å²) >= 11 is 0. The van der Waals surface area contributed by atoms with E-state index >= 15 is 0 Å². The zero-order valence-corrected chi connectivity index (χ0v) is 25.4. The highest BCUT2D eigenvalue weighted by Crippen LogP contribution is 2.44. The van der Waals surface area contributed by atoms with Crippen LogP contribution in [0.25, 0.3) is 72.6 Å². The number of hydrogen-bond acceptors (Lipinski definition) is 3. The highest BCUT2D eigenvalue weighted by molar-refractivity contribution is 6.11. The van der Waals surface area contributed by atoms with Crippen molar-refractivity contribution in [3.63, 3.8) is 0 Å². The molecule has 0 fully saturated rings. The second-order valence-electron chi connectivity index (χ2n) is 12.1. The molecule has 0 atom stereocenters. The van der Waals surface area contributed by atoms with Gasteiger partial charge in [0.25, 0.3) is 0 Å². The van der Waals surface area contributed by atoms with Crippen LogP contribution in [0.5, 0.6) is 0 Å². The van der Waals surface area contributed by atoms with E-state index < -0.39 is 0 Å². The largest absolute Gasteiger partial charge is 0.456 e. The van der Waals surface area contributed by atoms with Gasteiger partial charge < -0.3 is 18.3 Å². The lowest BCUT2D eigenvalue weighted by atomic mass is 10.1. The van der Waals surface area contributed by atoms with Crippen LogP contribution in [0.15, 0.2) is 160 Å². The van der Waals surface area contributed by atoms with Crippen molar-refractivity contribution in [2.75, 3.05) is 4.90 Å². The van der Waals surface area contributed by atoms with E-state index in [-0.39, 0.29) is 0 Å². The van der Waals surface area contributed by atoms with Crippen LogP contribution in [-0.2, 0) is 0 Å². The molecule has 0 N–H and O–H groups in total. The first-order valence-electron chi connectivity index (χ1n) is 16.0. The predicted octanol–water partition coefficient (Wildman–Crippen LogP) is 12.0. The van der Waals surface area contributed by atoms with Crippen molar-refractivity contribution in [1.82, 2.24) is 4.57 Å². The van der Waals surface area contributed by atoms with Crippen LogP contribution >= 0.6 is 0 Å². The summed E-state index contributed by atoms with van der Waals surface area (Å²) in [6.45, 7) is 0. The minimum absolute atomic E-state index is 0.729. The summed E-state index contributed by atoms with van der Waals surface area (Å²) in [5.74, 6) is 0. The molecule has 0 bridgehead atoms. The van der Waals surface area contributed by atoms with E-state index in [2.05, 4.69) is 143 Å². The van der Waals surface area contributed by atoms with Gasteiger partial charge >= 0.3 is 0 Å². The Morgan fingerprint density at radius 1 is 0.553 bits per heavy atom. The molecule has 1 aliphatic rings. The molecule has 0 aliphatic heterocycles. The van der Waals surface area contributed by atoms with Gasteiger partial charge in [0.2, 0.25) is 0 Å². The lowest BCUT2D eigenvalue weighted by Gasteiger charge is -2.27. The summed E-state index contributed by atoms with van der Waals surface area (Å²) in [5.41, 5.74) is 11.3. The van der Waals surface area contributed by atoms with E-state index in [0.717, 1.165) is 78.8 Å². The number of nitrogens with zero attached hydrogens (tertiary/aromatic N) is 2.